The minimum Gasteiger partial charge on any atom is -0.496 e. The molecular formula is C24H24N4O7S. The van der Waals surface area contributed by atoms with Crippen LogP contribution in [0.25, 0.3) is 0 Å². The summed E-state index contributed by atoms with van der Waals surface area (Å²) < 4.78 is 38.2. The maximum absolute atomic E-state index is 13.4. The number of carbonyl (C=O) groups excluding carboxylic acids is 1. The molecule has 3 aromatic carbocycles. The van der Waals surface area contributed by atoms with E-state index < -0.39 is 27.4 Å². The Hall–Kier alpha value is -4.45. The summed E-state index contributed by atoms with van der Waals surface area (Å²) in [4.78, 5) is 23.2. The smallest absolute Gasteiger partial charge is 0.270 e. The molecule has 0 atom stereocenters. The highest BCUT2D eigenvalue weighted by atomic mass is 32.2. The Balaban J connectivity index is 1.84. The quantitative estimate of drug-likeness (QED) is 0.236. The summed E-state index contributed by atoms with van der Waals surface area (Å²) in [6.07, 6.45) is 1.18. The number of hydrogen-bond acceptors (Lipinski definition) is 8. The van der Waals surface area contributed by atoms with E-state index in [-0.39, 0.29) is 21.8 Å². The first-order valence-corrected chi connectivity index (χ1v) is 12.1. The van der Waals surface area contributed by atoms with E-state index in [2.05, 4.69) is 10.5 Å². The van der Waals surface area contributed by atoms with E-state index in [1.165, 1.54) is 55.8 Å². The molecule has 0 unspecified atom stereocenters. The number of amides is 1. The number of hydrogen-bond donors (Lipinski definition) is 1. The van der Waals surface area contributed by atoms with Gasteiger partial charge >= 0.3 is 0 Å². The van der Waals surface area contributed by atoms with Crippen LogP contribution >= 0.6 is 0 Å². The first-order valence-electron chi connectivity index (χ1n) is 10.7. The maximum Gasteiger partial charge on any atom is 0.270 e. The van der Waals surface area contributed by atoms with E-state index in [1.54, 1.807) is 30.3 Å². The molecule has 3 rings (SSSR count). The van der Waals surface area contributed by atoms with Crippen molar-refractivity contribution in [2.75, 3.05) is 24.6 Å². The Kier molecular flexibility index (Phi) is 8.57. The standard InChI is InChI=1S/C24H24N4O7S/c1-3-35-21-12-9-19(10-13-21)27(36(32,33)22-7-5-4-6-8-22)17-24(29)26-25-16-18-15-20(28(30)31)11-14-23(18)34-2/h4-16H,3,17H2,1-2H3,(H,26,29)/b25-16+. The fraction of sp³-hybridized carbons (Fsp3) is 0.167. The summed E-state index contributed by atoms with van der Waals surface area (Å²) >= 11 is 0. The van der Waals surface area contributed by atoms with Gasteiger partial charge in [-0.05, 0) is 49.4 Å². The molecule has 1 amide bonds. The molecule has 0 heterocycles. The molecule has 0 saturated carbocycles. The molecule has 0 aliphatic carbocycles. The van der Waals surface area contributed by atoms with Gasteiger partial charge in [-0.1, -0.05) is 18.2 Å². The second kappa shape index (κ2) is 11.8. The Morgan fingerprint density at radius 3 is 2.42 bits per heavy atom. The van der Waals surface area contributed by atoms with Crippen molar-refractivity contribution in [3.63, 3.8) is 0 Å². The lowest BCUT2D eigenvalue weighted by Crippen LogP contribution is -2.39. The highest BCUT2D eigenvalue weighted by Gasteiger charge is 2.27. The molecule has 11 nitrogen and oxygen atoms in total. The topological polar surface area (TPSA) is 140 Å². The fourth-order valence-corrected chi connectivity index (χ4v) is 4.63. The van der Waals surface area contributed by atoms with Gasteiger partial charge in [-0.25, -0.2) is 13.8 Å². The molecule has 0 bridgehead atoms. The number of sulfonamides is 1. The average molecular weight is 513 g/mol. The molecule has 0 radical (unpaired) electrons. The van der Waals surface area contributed by atoms with Crippen LogP contribution in [0.5, 0.6) is 11.5 Å². The monoisotopic (exact) mass is 512 g/mol. The second-order valence-corrected chi connectivity index (χ2v) is 9.09. The number of nitrogens with one attached hydrogen (secondary N) is 1. The largest absolute Gasteiger partial charge is 0.496 e. The van der Waals surface area contributed by atoms with Crippen LogP contribution in [0, 0.1) is 10.1 Å². The van der Waals surface area contributed by atoms with Crippen molar-refractivity contribution in [3.8, 4) is 11.5 Å². The third kappa shape index (κ3) is 6.36. The molecule has 0 saturated heterocycles. The maximum atomic E-state index is 13.4. The van der Waals surface area contributed by atoms with Crippen molar-refractivity contribution < 1.29 is 27.6 Å². The Bertz CT molecular complexity index is 1340. The molecule has 36 heavy (non-hydrogen) atoms. The van der Waals surface area contributed by atoms with Gasteiger partial charge in [-0.15, -0.1) is 0 Å². The number of rotatable bonds is 11. The number of nitrogens with zero attached hydrogens (tertiary/aromatic N) is 3. The zero-order valence-corrected chi connectivity index (χ0v) is 20.3. The molecule has 1 N–H and O–H groups in total. The van der Waals surface area contributed by atoms with Crippen molar-refractivity contribution in [2.45, 2.75) is 11.8 Å². The summed E-state index contributed by atoms with van der Waals surface area (Å²) in [6, 6.07) is 17.9. The number of non-ortho nitro benzene ring substituents is 1. The highest BCUT2D eigenvalue weighted by molar-refractivity contribution is 7.92. The van der Waals surface area contributed by atoms with E-state index in [1.807, 2.05) is 6.92 Å². The summed E-state index contributed by atoms with van der Waals surface area (Å²) in [5.74, 6) is 0.128. The zero-order valence-electron chi connectivity index (χ0n) is 19.5. The van der Waals surface area contributed by atoms with E-state index >= 15 is 0 Å². The molecule has 3 aromatic rings. The summed E-state index contributed by atoms with van der Waals surface area (Å²) in [5.41, 5.74) is 2.59. The highest BCUT2D eigenvalue weighted by Crippen LogP contribution is 2.26. The van der Waals surface area contributed by atoms with Crippen LogP contribution in [0.4, 0.5) is 11.4 Å². The van der Waals surface area contributed by atoms with Gasteiger partial charge in [0.25, 0.3) is 21.6 Å². The van der Waals surface area contributed by atoms with E-state index in [4.69, 9.17) is 9.47 Å². The average Bonchev–Trinajstić information content (AvgIpc) is 2.88. The van der Waals surface area contributed by atoms with Crippen molar-refractivity contribution in [3.05, 3.63) is 88.5 Å². The van der Waals surface area contributed by atoms with Gasteiger partial charge in [0.05, 0.1) is 35.4 Å². The molecule has 0 spiro atoms. The number of nitro groups is 1. The third-order valence-corrected chi connectivity index (χ3v) is 6.66. The van der Waals surface area contributed by atoms with Crippen molar-refractivity contribution >= 4 is 33.5 Å². The van der Waals surface area contributed by atoms with Crippen LogP contribution in [0.2, 0.25) is 0 Å². The number of hydrazone groups is 1. The number of benzene rings is 3. The number of ether oxygens (including phenoxy) is 2. The van der Waals surface area contributed by atoms with Crippen LogP contribution in [-0.2, 0) is 14.8 Å². The predicted molar refractivity (Wildman–Crippen MR) is 134 cm³/mol. The minimum atomic E-state index is -4.09. The minimum absolute atomic E-state index is 0.0107. The lowest BCUT2D eigenvalue weighted by atomic mass is 10.2. The van der Waals surface area contributed by atoms with Gasteiger partial charge in [0, 0.05) is 17.7 Å². The van der Waals surface area contributed by atoms with E-state index in [9.17, 15) is 23.3 Å². The van der Waals surface area contributed by atoms with Gasteiger partial charge in [0.1, 0.15) is 18.0 Å². The Morgan fingerprint density at radius 1 is 1.11 bits per heavy atom. The lowest BCUT2D eigenvalue weighted by Gasteiger charge is -2.24. The molecule has 188 valence electrons. The first kappa shape index (κ1) is 26.2. The van der Waals surface area contributed by atoms with Crippen molar-refractivity contribution in [1.82, 2.24) is 5.43 Å². The summed E-state index contributed by atoms with van der Waals surface area (Å²) in [6.45, 7) is 1.70. The molecular weight excluding hydrogens is 488 g/mol. The molecule has 0 aliphatic heterocycles. The molecule has 12 heteroatoms. The first-order chi connectivity index (χ1) is 17.3. The third-order valence-electron chi connectivity index (χ3n) is 4.87. The van der Waals surface area contributed by atoms with Gasteiger partial charge < -0.3 is 9.47 Å². The van der Waals surface area contributed by atoms with Crippen LogP contribution in [0.15, 0.2) is 82.8 Å². The molecule has 0 aromatic heterocycles. The van der Waals surface area contributed by atoms with Crippen LogP contribution in [0.3, 0.4) is 0 Å². The number of methoxy groups -OCH3 is 1. The Morgan fingerprint density at radius 2 is 1.81 bits per heavy atom. The van der Waals surface area contributed by atoms with Crippen LogP contribution in [-0.4, -0.2) is 45.7 Å². The van der Waals surface area contributed by atoms with Crippen molar-refractivity contribution in [1.29, 1.82) is 0 Å². The fourth-order valence-electron chi connectivity index (χ4n) is 3.19. The molecule has 0 fully saturated rings. The zero-order chi connectivity index (χ0) is 26.1. The van der Waals surface area contributed by atoms with Gasteiger partial charge in [-0.2, -0.15) is 5.10 Å². The SMILES string of the molecule is CCOc1ccc(N(CC(=O)N/N=C/c2cc([N+](=O)[O-])ccc2OC)S(=O)(=O)c2ccccc2)cc1. The molecule has 0 aliphatic rings. The normalized spacial score (nSPS) is 11.2. The Labute approximate surface area is 208 Å². The van der Waals surface area contributed by atoms with Crippen LogP contribution < -0.4 is 19.2 Å². The van der Waals surface area contributed by atoms with Gasteiger partial charge in [0.2, 0.25) is 0 Å². The van der Waals surface area contributed by atoms with Crippen LogP contribution in [0.1, 0.15) is 12.5 Å². The predicted octanol–water partition coefficient (Wildman–Crippen LogP) is 3.35. The van der Waals surface area contributed by atoms with Gasteiger partial charge in [0.15, 0.2) is 0 Å². The number of carbonyl (C=O) groups is 1. The van der Waals surface area contributed by atoms with Gasteiger partial charge in [-0.3, -0.25) is 19.2 Å². The number of nitro benzene ring substituents is 1. The van der Waals surface area contributed by atoms with E-state index in [0.717, 1.165) is 4.31 Å². The number of anilines is 1. The van der Waals surface area contributed by atoms with E-state index in [0.29, 0.717) is 18.1 Å². The summed E-state index contributed by atoms with van der Waals surface area (Å²) in [5, 5.41) is 14.9. The lowest BCUT2D eigenvalue weighted by molar-refractivity contribution is -0.384. The van der Waals surface area contributed by atoms with Crippen molar-refractivity contribution in [2.24, 2.45) is 5.10 Å². The summed E-state index contributed by atoms with van der Waals surface area (Å²) in [7, 11) is -2.70. The second-order valence-electron chi connectivity index (χ2n) is 7.23.